The number of amides is 1. The van der Waals surface area contributed by atoms with Crippen LogP contribution >= 0.6 is 0 Å². The molecular weight excluding hydrogens is 298 g/mol. The molecule has 0 spiro atoms. The monoisotopic (exact) mass is 319 g/mol. The van der Waals surface area contributed by atoms with Crippen molar-refractivity contribution < 1.29 is 24.2 Å². The van der Waals surface area contributed by atoms with Crippen molar-refractivity contribution in [1.29, 1.82) is 0 Å². The second-order valence-electron chi connectivity index (χ2n) is 6.06. The van der Waals surface area contributed by atoms with Gasteiger partial charge < -0.3 is 19.5 Å². The molecule has 0 aliphatic carbocycles. The molecule has 0 radical (unpaired) electrons. The number of para-hydroxylation sites is 1. The molecule has 6 heteroatoms. The molecule has 0 saturated carbocycles. The Morgan fingerprint density at radius 3 is 2.91 bits per heavy atom. The van der Waals surface area contributed by atoms with Crippen molar-refractivity contribution in [3.63, 3.8) is 0 Å². The minimum absolute atomic E-state index is 0.0217. The van der Waals surface area contributed by atoms with E-state index in [4.69, 9.17) is 14.6 Å². The highest BCUT2D eigenvalue weighted by atomic mass is 16.5. The minimum Gasteiger partial charge on any atom is -0.493 e. The van der Waals surface area contributed by atoms with E-state index in [2.05, 4.69) is 0 Å². The third kappa shape index (κ3) is 3.17. The van der Waals surface area contributed by atoms with Crippen LogP contribution in [0.1, 0.15) is 30.7 Å². The smallest absolute Gasteiger partial charge is 0.305 e. The number of carbonyl (C=O) groups excluding carboxylic acids is 1. The van der Waals surface area contributed by atoms with Crippen LogP contribution in [0.3, 0.4) is 0 Å². The van der Waals surface area contributed by atoms with Crippen molar-refractivity contribution >= 4 is 11.9 Å². The van der Waals surface area contributed by atoms with E-state index in [9.17, 15) is 9.59 Å². The average Bonchev–Trinajstić information content (AvgIpc) is 2.96. The van der Waals surface area contributed by atoms with Crippen LogP contribution in [-0.2, 0) is 14.3 Å². The van der Waals surface area contributed by atoms with Crippen molar-refractivity contribution in [2.45, 2.75) is 37.3 Å². The van der Waals surface area contributed by atoms with Crippen LogP contribution in [0.2, 0.25) is 0 Å². The molecule has 6 nitrogen and oxygen atoms in total. The number of nitrogens with zero attached hydrogens (tertiary/aromatic N) is 1. The summed E-state index contributed by atoms with van der Waals surface area (Å²) in [5, 5.41) is 9.10. The Hall–Kier alpha value is -2.08. The molecule has 2 aliphatic rings. The molecule has 124 valence electrons. The van der Waals surface area contributed by atoms with Gasteiger partial charge in [0.2, 0.25) is 5.91 Å². The van der Waals surface area contributed by atoms with Gasteiger partial charge in [0, 0.05) is 25.3 Å². The van der Waals surface area contributed by atoms with Crippen LogP contribution in [0.25, 0.3) is 0 Å². The van der Waals surface area contributed by atoms with Gasteiger partial charge in [-0.3, -0.25) is 9.59 Å². The van der Waals surface area contributed by atoms with E-state index < -0.39 is 5.97 Å². The van der Waals surface area contributed by atoms with Gasteiger partial charge in [-0.2, -0.15) is 0 Å². The molecule has 3 atom stereocenters. The van der Waals surface area contributed by atoms with Gasteiger partial charge in [-0.05, 0) is 18.9 Å². The fourth-order valence-electron chi connectivity index (χ4n) is 3.51. The van der Waals surface area contributed by atoms with E-state index in [1.165, 1.54) is 0 Å². The highest BCUT2D eigenvalue weighted by molar-refractivity contribution is 5.86. The molecule has 1 aromatic rings. The van der Waals surface area contributed by atoms with Crippen LogP contribution in [0.5, 0.6) is 5.75 Å². The number of hydrogen-bond acceptors (Lipinski definition) is 4. The Morgan fingerprint density at radius 1 is 1.39 bits per heavy atom. The maximum Gasteiger partial charge on any atom is 0.305 e. The molecule has 23 heavy (non-hydrogen) atoms. The van der Waals surface area contributed by atoms with Gasteiger partial charge in [0.25, 0.3) is 0 Å². The van der Waals surface area contributed by atoms with Crippen molar-refractivity contribution in [2.24, 2.45) is 0 Å². The molecule has 2 aliphatic heterocycles. The summed E-state index contributed by atoms with van der Waals surface area (Å²) in [6.45, 7) is 0.950. The van der Waals surface area contributed by atoms with Crippen LogP contribution in [0.4, 0.5) is 0 Å². The van der Waals surface area contributed by atoms with Gasteiger partial charge in [-0.15, -0.1) is 0 Å². The van der Waals surface area contributed by atoms with Gasteiger partial charge in [-0.1, -0.05) is 18.2 Å². The average molecular weight is 319 g/mol. The Kier molecular flexibility index (Phi) is 4.52. The summed E-state index contributed by atoms with van der Waals surface area (Å²) in [7, 11) is 1.60. The predicted molar refractivity (Wildman–Crippen MR) is 82.5 cm³/mol. The number of fused-ring (bicyclic) bond motifs is 1. The standard InChI is InChI=1S/C17H21NO5/c1-22-12-8-11(9-16(19)20)18(10-12)17(21)14-6-7-23-15-5-3-2-4-13(14)15/h2-5,11-12,14H,6-10H2,1H3,(H,19,20). The number of hydrogen-bond donors (Lipinski definition) is 1. The summed E-state index contributed by atoms with van der Waals surface area (Å²) in [5.74, 6) is -0.440. The van der Waals surface area contributed by atoms with Crippen molar-refractivity contribution in [3.8, 4) is 5.75 Å². The second kappa shape index (κ2) is 6.58. The number of likely N-dealkylation sites (tertiary alicyclic amines) is 1. The van der Waals surface area contributed by atoms with Gasteiger partial charge in [-0.25, -0.2) is 0 Å². The highest BCUT2D eigenvalue weighted by Gasteiger charge is 2.40. The molecule has 0 bridgehead atoms. The summed E-state index contributed by atoms with van der Waals surface area (Å²) in [6.07, 6.45) is 1.04. The number of benzene rings is 1. The Balaban J connectivity index is 1.83. The number of ether oxygens (including phenoxy) is 2. The quantitative estimate of drug-likeness (QED) is 0.913. The zero-order valence-electron chi connectivity index (χ0n) is 13.1. The summed E-state index contributed by atoms with van der Waals surface area (Å²) < 4.78 is 11.0. The topological polar surface area (TPSA) is 76.1 Å². The fraction of sp³-hybridized carbons (Fsp3) is 0.529. The van der Waals surface area contributed by atoms with E-state index in [-0.39, 0.29) is 30.4 Å². The number of carboxylic acid groups (broad SMARTS) is 1. The molecule has 2 heterocycles. The van der Waals surface area contributed by atoms with E-state index in [0.29, 0.717) is 26.0 Å². The van der Waals surface area contributed by atoms with Crippen LogP contribution in [0, 0.1) is 0 Å². The van der Waals surface area contributed by atoms with Crippen molar-refractivity contribution in [1.82, 2.24) is 4.90 Å². The van der Waals surface area contributed by atoms with Crippen LogP contribution < -0.4 is 4.74 Å². The Bertz CT molecular complexity index is 602. The second-order valence-corrected chi connectivity index (χ2v) is 6.06. The number of rotatable bonds is 4. The van der Waals surface area contributed by atoms with Gasteiger partial charge in [0.15, 0.2) is 0 Å². The van der Waals surface area contributed by atoms with Crippen molar-refractivity contribution in [3.05, 3.63) is 29.8 Å². The van der Waals surface area contributed by atoms with Crippen molar-refractivity contribution in [2.75, 3.05) is 20.3 Å². The normalized spacial score (nSPS) is 26.5. The van der Waals surface area contributed by atoms with Crippen LogP contribution in [0.15, 0.2) is 24.3 Å². The van der Waals surface area contributed by atoms with Gasteiger partial charge >= 0.3 is 5.97 Å². The summed E-state index contributed by atoms with van der Waals surface area (Å²) in [6, 6.07) is 7.25. The van der Waals surface area contributed by atoms with E-state index in [0.717, 1.165) is 11.3 Å². The van der Waals surface area contributed by atoms with E-state index >= 15 is 0 Å². The fourth-order valence-corrected chi connectivity index (χ4v) is 3.51. The summed E-state index contributed by atoms with van der Waals surface area (Å²) in [4.78, 5) is 25.8. The highest BCUT2D eigenvalue weighted by Crippen LogP contribution is 2.36. The number of methoxy groups -OCH3 is 1. The van der Waals surface area contributed by atoms with Crippen LogP contribution in [-0.4, -0.2) is 54.3 Å². The molecule has 1 fully saturated rings. The number of aliphatic carboxylic acids is 1. The Labute approximate surface area is 135 Å². The summed E-state index contributed by atoms with van der Waals surface area (Å²) >= 11 is 0. The molecule has 1 saturated heterocycles. The molecule has 3 unspecified atom stereocenters. The molecular formula is C17H21NO5. The van der Waals surface area contributed by atoms with E-state index in [1.807, 2.05) is 24.3 Å². The number of carboxylic acids is 1. The first-order valence-corrected chi connectivity index (χ1v) is 7.87. The zero-order chi connectivity index (χ0) is 16.4. The minimum atomic E-state index is -0.892. The first-order valence-electron chi connectivity index (χ1n) is 7.87. The molecule has 0 aromatic heterocycles. The lowest BCUT2D eigenvalue weighted by Crippen LogP contribution is -2.41. The molecule has 3 rings (SSSR count). The molecule has 1 aromatic carbocycles. The third-order valence-electron chi connectivity index (χ3n) is 4.66. The zero-order valence-corrected chi connectivity index (χ0v) is 13.1. The molecule has 1 N–H and O–H groups in total. The van der Waals surface area contributed by atoms with Gasteiger partial charge in [0.05, 0.1) is 25.0 Å². The SMILES string of the molecule is COC1CC(CC(=O)O)N(C(=O)C2CCOc3ccccc32)C1. The lowest BCUT2D eigenvalue weighted by molar-refractivity contribution is -0.140. The lowest BCUT2D eigenvalue weighted by Gasteiger charge is -2.31. The maximum atomic E-state index is 13.0. The summed E-state index contributed by atoms with van der Waals surface area (Å²) in [5.41, 5.74) is 0.888. The lowest BCUT2D eigenvalue weighted by atomic mass is 9.91. The predicted octanol–water partition coefficient (Wildman–Crippen LogP) is 1.64. The van der Waals surface area contributed by atoms with E-state index in [1.54, 1.807) is 12.0 Å². The number of carbonyl (C=O) groups is 2. The Morgan fingerprint density at radius 2 is 2.17 bits per heavy atom. The first-order chi connectivity index (χ1) is 11.1. The maximum absolute atomic E-state index is 13.0. The first kappa shape index (κ1) is 15.8. The van der Waals surface area contributed by atoms with Gasteiger partial charge in [0.1, 0.15) is 5.75 Å². The largest absolute Gasteiger partial charge is 0.493 e. The third-order valence-corrected chi connectivity index (χ3v) is 4.66. The molecule has 1 amide bonds.